The minimum atomic E-state index is 0.672. The second-order valence-electron chi connectivity index (χ2n) is 3.84. The molecule has 0 fully saturated rings. The molecule has 0 aliphatic heterocycles. The smallest absolute Gasteiger partial charge is 0.146 e. The fourth-order valence-corrected chi connectivity index (χ4v) is 2.82. The molecule has 0 radical (unpaired) electrons. The van der Waals surface area contributed by atoms with Gasteiger partial charge in [-0.25, -0.2) is 15.0 Å². The van der Waals surface area contributed by atoms with Crippen LogP contribution in [0.15, 0.2) is 17.0 Å². The van der Waals surface area contributed by atoms with Crippen LogP contribution in [0.1, 0.15) is 23.7 Å². The summed E-state index contributed by atoms with van der Waals surface area (Å²) in [7, 11) is 0. The first-order chi connectivity index (χ1) is 9.24. The predicted molar refractivity (Wildman–Crippen MR) is 82.7 cm³/mol. The first-order valence-corrected chi connectivity index (χ1v) is 7.77. The van der Waals surface area contributed by atoms with E-state index in [0.717, 1.165) is 34.1 Å². The number of hydrogen-bond acceptors (Lipinski definition) is 6. The van der Waals surface area contributed by atoms with Gasteiger partial charge in [0.15, 0.2) is 0 Å². The van der Waals surface area contributed by atoms with Gasteiger partial charge in [0, 0.05) is 17.6 Å². The third-order valence-corrected chi connectivity index (χ3v) is 4.38. The maximum atomic E-state index is 4.37. The number of nitrogens with zero attached hydrogens (tertiary/aromatic N) is 3. The van der Waals surface area contributed by atoms with Gasteiger partial charge in [-0.1, -0.05) is 6.92 Å². The quantitative estimate of drug-likeness (QED) is 0.843. The number of aromatic nitrogens is 3. The van der Waals surface area contributed by atoms with E-state index in [2.05, 4.69) is 48.4 Å². The van der Waals surface area contributed by atoms with Gasteiger partial charge in [-0.3, -0.25) is 0 Å². The third-order valence-electron chi connectivity index (χ3n) is 2.49. The Hall–Kier alpha value is -1.21. The Bertz CT molecular complexity index is 543. The predicted octanol–water partition coefficient (Wildman–Crippen LogP) is 3.30. The number of rotatable bonds is 6. The monoisotopic (exact) mass is 341 g/mol. The van der Waals surface area contributed by atoms with Crippen molar-refractivity contribution in [2.24, 2.45) is 0 Å². The molecule has 102 valence electrons. The van der Waals surface area contributed by atoms with Crippen molar-refractivity contribution in [3.63, 3.8) is 0 Å². The molecule has 0 aromatic carbocycles. The fourth-order valence-electron chi connectivity index (χ4n) is 1.54. The van der Waals surface area contributed by atoms with Crippen LogP contribution in [0.5, 0.6) is 0 Å². The fraction of sp³-hybridized carbons (Fsp3) is 0.417. The van der Waals surface area contributed by atoms with Crippen LogP contribution >= 0.6 is 27.3 Å². The van der Waals surface area contributed by atoms with Gasteiger partial charge in [-0.2, -0.15) is 0 Å². The minimum Gasteiger partial charge on any atom is -0.369 e. The van der Waals surface area contributed by atoms with Crippen LogP contribution < -0.4 is 10.6 Å². The molecule has 0 saturated heterocycles. The van der Waals surface area contributed by atoms with E-state index < -0.39 is 0 Å². The Morgan fingerprint density at radius 1 is 1.16 bits per heavy atom. The van der Waals surface area contributed by atoms with E-state index in [1.54, 1.807) is 17.7 Å². The highest BCUT2D eigenvalue weighted by Gasteiger charge is 2.08. The van der Waals surface area contributed by atoms with Crippen LogP contribution in [0.2, 0.25) is 0 Å². The molecule has 0 bridgehead atoms. The summed E-state index contributed by atoms with van der Waals surface area (Å²) in [4.78, 5) is 14.1. The number of aryl methyl sites for hydroxylation is 1. The highest BCUT2D eigenvalue weighted by molar-refractivity contribution is 9.10. The number of halogens is 1. The molecule has 2 rings (SSSR count). The Morgan fingerprint density at radius 3 is 2.53 bits per heavy atom. The maximum absolute atomic E-state index is 4.37. The lowest BCUT2D eigenvalue weighted by Gasteiger charge is -2.09. The van der Waals surface area contributed by atoms with Crippen molar-refractivity contribution in [1.82, 2.24) is 15.0 Å². The summed E-state index contributed by atoms with van der Waals surface area (Å²) in [5.74, 6) is 1.58. The zero-order valence-electron chi connectivity index (χ0n) is 10.9. The second-order valence-corrected chi connectivity index (χ2v) is 5.84. The average Bonchev–Trinajstić information content (AvgIpc) is 2.88. The summed E-state index contributed by atoms with van der Waals surface area (Å²) in [5.41, 5.74) is 0. The molecular weight excluding hydrogens is 326 g/mol. The molecular formula is C12H16BrN5S. The summed E-state index contributed by atoms with van der Waals surface area (Å²) < 4.78 is 0.851. The molecule has 2 N–H and O–H groups in total. The van der Waals surface area contributed by atoms with Crippen molar-refractivity contribution in [3.8, 4) is 0 Å². The normalized spacial score (nSPS) is 10.5. The van der Waals surface area contributed by atoms with E-state index in [4.69, 9.17) is 0 Å². The largest absolute Gasteiger partial charge is 0.369 e. The van der Waals surface area contributed by atoms with Gasteiger partial charge in [-0.15, -0.1) is 11.3 Å². The molecule has 2 heterocycles. The van der Waals surface area contributed by atoms with Crippen molar-refractivity contribution in [2.75, 3.05) is 17.2 Å². The number of hydrogen-bond donors (Lipinski definition) is 2. The molecule has 5 nitrogen and oxygen atoms in total. The zero-order valence-corrected chi connectivity index (χ0v) is 13.3. The molecule has 0 atom stereocenters. The van der Waals surface area contributed by atoms with Gasteiger partial charge in [0.05, 0.1) is 6.54 Å². The van der Waals surface area contributed by atoms with Gasteiger partial charge in [-0.05, 0) is 29.3 Å². The van der Waals surface area contributed by atoms with E-state index in [9.17, 15) is 0 Å². The van der Waals surface area contributed by atoms with Crippen LogP contribution in [-0.2, 0) is 13.0 Å². The lowest BCUT2D eigenvalue weighted by atomic mass is 10.4. The van der Waals surface area contributed by atoms with Crippen molar-refractivity contribution < 1.29 is 0 Å². The van der Waals surface area contributed by atoms with Gasteiger partial charge < -0.3 is 10.6 Å². The molecule has 19 heavy (non-hydrogen) atoms. The van der Waals surface area contributed by atoms with Crippen LogP contribution in [0.25, 0.3) is 0 Å². The van der Waals surface area contributed by atoms with Gasteiger partial charge >= 0.3 is 0 Å². The van der Waals surface area contributed by atoms with E-state index >= 15 is 0 Å². The number of nitrogens with one attached hydrogen (secondary N) is 2. The molecule has 0 unspecified atom stereocenters. The Morgan fingerprint density at radius 2 is 1.89 bits per heavy atom. The molecule has 2 aromatic heterocycles. The second kappa shape index (κ2) is 6.81. The highest BCUT2D eigenvalue weighted by Crippen LogP contribution is 2.27. The summed E-state index contributed by atoms with van der Waals surface area (Å²) in [6, 6.07) is 0. The molecule has 0 spiro atoms. The Kier molecular flexibility index (Phi) is 5.09. The summed E-state index contributed by atoms with van der Waals surface area (Å²) in [6.45, 7) is 5.66. The van der Waals surface area contributed by atoms with Crippen molar-refractivity contribution in [1.29, 1.82) is 0 Å². The van der Waals surface area contributed by atoms with Crippen molar-refractivity contribution >= 4 is 38.9 Å². The average molecular weight is 342 g/mol. The standard InChI is InChI=1S/C12H16BrN5S/c1-3-8-5-15-9(19-8)6-16-12-10(13)11(14-4-2)17-7-18-12/h5,7H,3-4,6H2,1-2H3,(H2,14,16,17,18). The van der Waals surface area contributed by atoms with Gasteiger partial charge in [0.1, 0.15) is 27.4 Å². The lowest BCUT2D eigenvalue weighted by Crippen LogP contribution is -2.06. The third kappa shape index (κ3) is 3.63. The van der Waals surface area contributed by atoms with Crippen molar-refractivity contribution in [3.05, 3.63) is 26.9 Å². The van der Waals surface area contributed by atoms with E-state index in [0.29, 0.717) is 6.54 Å². The Labute approximate surface area is 125 Å². The van der Waals surface area contributed by atoms with E-state index in [1.165, 1.54) is 4.88 Å². The summed E-state index contributed by atoms with van der Waals surface area (Å²) in [6.07, 6.45) is 4.50. The molecule has 0 aliphatic carbocycles. The van der Waals surface area contributed by atoms with Crippen LogP contribution in [0.4, 0.5) is 11.6 Å². The molecule has 0 amide bonds. The molecule has 0 saturated carbocycles. The first-order valence-electron chi connectivity index (χ1n) is 6.16. The topological polar surface area (TPSA) is 62.7 Å². The van der Waals surface area contributed by atoms with Crippen LogP contribution in [-0.4, -0.2) is 21.5 Å². The lowest BCUT2D eigenvalue weighted by molar-refractivity contribution is 1.04. The van der Waals surface area contributed by atoms with E-state index in [1.807, 2.05) is 13.1 Å². The van der Waals surface area contributed by atoms with Crippen LogP contribution in [0.3, 0.4) is 0 Å². The molecule has 2 aromatic rings. The first kappa shape index (κ1) is 14.2. The van der Waals surface area contributed by atoms with Crippen LogP contribution in [0, 0.1) is 0 Å². The zero-order chi connectivity index (χ0) is 13.7. The number of anilines is 2. The van der Waals surface area contributed by atoms with Gasteiger partial charge in [0.25, 0.3) is 0 Å². The molecule has 0 aliphatic rings. The summed E-state index contributed by atoms with van der Waals surface area (Å²) in [5, 5.41) is 7.51. The highest BCUT2D eigenvalue weighted by atomic mass is 79.9. The molecule has 7 heteroatoms. The number of thiazole rings is 1. The van der Waals surface area contributed by atoms with E-state index in [-0.39, 0.29) is 0 Å². The Balaban J connectivity index is 2.04. The summed E-state index contributed by atoms with van der Waals surface area (Å²) >= 11 is 5.23. The minimum absolute atomic E-state index is 0.672. The van der Waals surface area contributed by atoms with Crippen molar-refractivity contribution in [2.45, 2.75) is 26.8 Å². The maximum Gasteiger partial charge on any atom is 0.146 e. The SMILES string of the molecule is CCNc1ncnc(NCc2ncc(CC)s2)c1Br. The van der Waals surface area contributed by atoms with Gasteiger partial charge in [0.2, 0.25) is 0 Å².